The number of fused-ring (bicyclic) bond motifs is 1. The predicted molar refractivity (Wildman–Crippen MR) is 118 cm³/mol. The molecule has 2 amide bonds. The number of nitrogens with one attached hydrogen (secondary N) is 1. The number of carbonyl (C=O) groups is 3. The second-order valence-electron chi connectivity index (χ2n) is 8.68. The van der Waals surface area contributed by atoms with E-state index in [1.807, 2.05) is 13.8 Å². The number of aliphatic hydroxyl groups excluding tert-OH is 1. The molecule has 1 aromatic rings. The number of carbonyl (C=O) groups excluding carboxylic acids is 3. The lowest BCUT2D eigenvalue weighted by Crippen LogP contribution is -2.63. The number of rotatable bonds is 7. The van der Waals surface area contributed by atoms with Crippen LogP contribution >= 0.6 is 11.8 Å². The monoisotopic (exact) mass is 475 g/mol. The Morgan fingerprint density at radius 3 is 2.55 bits per heavy atom. The summed E-state index contributed by atoms with van der Waals surface area (Å²) >= 11 is 1.41. The Morgan fingerprint density at radius 2 is 2.00 bits per heavy atom. The number of nitro groups is 1. The Morgan fingerprint density at radius 1 is 1.33 bits per heavy atom. The van der Waals surface area contributed by atoms with Gasteiger partial charge in [0, 0.05) is 40.7 Å². The van der Waals surface area contributed by atoms with Gasteiger partial charge >= 0.3 is 5.97 Å². The molecule has 33 heavy (non-hydrogen) atoms. The number of nitro benzene ring substituents is 1. The van der Waals surface area contributed by atoms with Crippen LogP contribution in [0.25, 0.3) is 0 Å². The fourth-order valence-corrected chi connectivity index (χ4v) is 6.15. The van der Waals surface area contributed by atoms with Gasteiger partial charge in [-0.25, -0.2) is 4.79 Å². The van der Waals surface area contributed by atoms with Crippen LogP contribution in [0.2, 0.25) is 0 Å². The first-order chi connectivity index (χ1) is 15.6. The number of benzene rings is 1. The normalized spacial score (nSPS) is 29.5. The van der Waals surface area contributed by atoms with Crippen molar-refractivity contribution in [3.8, 4) is 0 Å². The molecule has 2 fully saturated rings. The van der Waals surface area contributed by atoms with Crippen LogP contribution in [0.3, 0.4) is 0 Å². The molecule has 0 radical (unpaired) electrons. The van der Waals surface area contributed by atoms with Gasteiger partial charge in [-0.05, 0) is 31.5 Å². The first-order valence-corrected chi connectivity index (χ1v) is 11.6. The van der Waals surface area contributed by atoms with Crippen LogP contribution < -0.4 is 5.32 Å². The molecule has 3 aliphatic heterocycles. The Labute approximate surface area is 194 Å². The molecule has 176 valence electrons. The number of ether oxygens (including phenoxy) is 1. The van der Waals surface area contributed by atoms with E-state index in [4.69, 9.17) is 4.74 Å². The van der Waals surface area contributed by atoms with Crippen LogP contribution in [-0.4, -0.2) is 56.2 Å². The van der Waals surface area contributed by atoms with Crippen molar-refractivity contribution in [1.29, 1.82) is 0 Å². The summed E-state index contributed by atoms with van der Waals surface area (Å²) in [4.78, 5) is 50.2. The summed E-state index contributed by atoms with van der Waals surface area (Å²) in [6, 6.07) is 5.24. The highest BCUT2D eigenvalue weighted by molar-refractivity contribution is 8.03. The van der Waals surface area contributed by atoms with Gasteiger partial charge < -0.3 is 20.1 Å². The minimum Gasteiger partial charge on any atom is -0.456 e. The SMILES string of the molecule is C[C@@H](O)[C@H]1C(=O)N2C(C(=O)OCc3ccc([N+](=O)[O-])cc3)=C(S[C@@H]3CC(=O)N[C@@H]3C)[C@H](C)[C@H]12. The Kier molecular flexibility index (Phi) is 6.19. The summed E-state index contributed by atoms with van der Waals surface area (Å²) in [5, 5.41) is 23.7. The zero-order chi connectivity index (χ0) is 24.0. The Balaban J connectivity index is 1.57. The second kappa shape index (κ2) is 8.79. The molecule has 11 heteroatoms. The molecule has 0 unspecified atom stereocenters. The average molecular weight is 476 g/mol. The summed E-state index contributed by atoms with van der Waals surface area (Å²) in [5.74, 6) is -1.86. The number of esters is 1. The molecule has 0 bridgehead atoms. The number of hydrogen-bond acceptors (Lipinski definition) is 8. The highest BCUT2D eigenvalue weighted by Crippen LogP contribution is 2.52. The standard InChI is InChI=1S/C22H25N3O7S/c1-10-18-17(12(3)26)21(28)24(18)19(20(10)33-15-8-16(27)23-11(15)2)22(29)32-9-13-4-6-14(7-5-13)25(30)31/h4-7,10-12,15,17-18,26H,8-9H2,1-3H3,(H,23,27)/t10-,11-,12-,15-,17-,18-/m1/s1. The van der Waals surface area contributed by atoms with Gasteiger partial charge in [0.15, 0.2) is 0 Å². The van der Waals surface area contributed by atoms with Crippen LogP contribution in [0.1, 0.15) is 32.8 Å². The molecule has 3 heterocycles. The quantitative estimate of drug-likeness (QED) is 0.263. The molecule has 3 aliphatic rings. The van der Waals surface area contributed by atoms with Crippen molar-refractivity contribution in [1.82, 2.24) is 10.2 Å². The third-order valence-corrected chi connectivity index (χ3v) is 8.13. The van der Waals surface area contributed by atoms with Gasteiger partial charge in [-0.15, -0.1) is 11.8 Å². The van der Waals surface area contributed by atoms with Crippen LogP contribution in [0.4, 0.5) is 5.69 Å². The molecule has 0 aromatic heterocycles. The van der Waals surface area contributed by atoms with E-state index in [1.165, 1.54) is 40.9 Å². The van der Waals surface area contributed by atoms with Crippen molar-refractivity contribution < 1.29 is 29.2 Å². The van der Waals surface area contributed by atoms with Crippen LogP contribution in [0.5, 0.6) is 0 Å². The second-order valence-corrected chi connectivity index (χ2v) is 9.96. The summed E-state index contributed by atoms with van der Waals surface area (Å²) in [6.45, 7) is 5.26. The number of amides is 2. The number of hydrogen-bond donors (Lipinski definition) is 2. The van der Waals surface area contributed by atoms with Crippen molar-refractivity contribution in [2.24, 2.45) is 11.8 Å². The zero-order valence-electron chi connectivity index (χ0n) is 18.4. The lowest BCUT2D eigenvalue weighted by molar-refractivity contribution is -0.384. The summed E-state index contributed by atoms with van der Waals surface area (Å²) in [7, 11) is 0. The van der Waals surface area contributed by atoms with E-state index in [9.17, 15) is 29.6 Å². The highest BCUT2D eigenvalue weighted by Gasteiger charge is 2.60. The van der Waals surface area contributed by atoms with Crippen LogP contribution in [-0.2, 0) is 25.7 Å². The molecule has 1 aromatic carbocycles. The highest BCUT2D eigenvalue weighted by atomic mass is 32.2. The molecule has 0 aliphatic carbocycles. The van der Waals surface area contributed by atoms with E-state index >= 15 is 0 Å². The van der Waals surface area contributed by atoms with Gasteiger partial charge in [-0.2, -0.15) is 0 Å². The molecule has 10 nitrogen and oxygen atoms in total. The zero-order valence-corrected chi connectivity index (χ0v) is 19.2. The van der Waals surface area contributed by atoms with Crippen molar-refractivity contribution in [3.05, 3.63) is 50.5 Å². The van der Waals surface area contributed by atoms with Crippen LogP contribution in [0, 0.1) is 22.0 Å². The lowest BCUT2D eigenvalue weighted by Gasteiger charge is -2.46. The largest absolute Gasteiger partial charge is 0.456 e. The number of non-ortho nitro benzene ring substituents is 1. The van der Waals surface area contributed by atoms with Crippen molar-refractivity contribution in [2.45, 2.75) is 57.2 Å². The summed E-state index contributed by atoms with van der Waals surface area (Å²) in [6.07, 6.45) is -0.539. The van der Waals surface area contributed by atoms with E-state index in [2.05, 4.69) is 5.32 Å². The van der Waals surface area contributed by atoms with E-state index in [0.717, 1.165) is 0 Å². The summed E-state index contributed by atoms with van der Waals surface area (Å²) in [5.41, 5.74) is 0.665. The molecule has 6 atom stereocenters. The van der Waals surface area contributed by atoms with Crippen molar-refractivity contribution >= 4 is 35.2 Å². The van der Waals surface area contributed by atoms with Crippen LogP contribution in [0.15, 0.2) is 34.9 Å². The Bertz CT molecular complexity index is 1040. The minimum absolute atomic E-state index is 0.0604. The number of aliphatic hydroxyl groups is 1. The molecule has 0 saturated carbocycles. The summed E-state index contributed by atoms with van der Waals surface area (Å²) < 4.78 is 5.48. The van der Waals surface area contributed by atoms with E-state index < -0.39 is 22.9 Å². The maximum atomic E-state index is 13.1. The molecule has 2 N–H and O–H groups in total. The number of nitrogens with zero attached hydrogens (tertiary/aromatic N) is 2. The molecule has 2 saturated heterocycles. The van der Waals surface area contributed by atoms with Gasteiger partial charge in [0.25, 0.3) is 5.69 Å². The smallest absolute Gasteiger partial charge is 0.356 e. The topological polar surface area (TPSA) is 139 Å². The predicted octanol–water partition coefficient (Wildman–Crippen LogP) is 1.72. The first kappa shape index (κ1) is 23.2. The maximum absolute atomic E-state index is 13.1. The van der Waals surface area contributed by atoms with E-state index in [1.54, 1.807) is 6.92 Å². The molecular weight excluding hydrogens is 450 g/mol. The molecule has 0 spiro atoms. The van der Waals surface area contributed by atoms with E-state index in [0.29, 0.717) is 16.9 Å². The Hall–Kier alpha value is -2.92. The third kappa shape index (κ3) is 4.10. The first-order valence-electron chi connectivity index (χ1n) is 10.7. The lowest BCUT2D eigenvalue weighted by atomic mass is 9.79. The van der Waals surface area contributed by atoms with Crippen molar-refractivity contribution in [3.63, 3.8) is 0 Å². The fourth-order valence-electron chi connectivity index (χ4n) is 4.67. The van der Waals surface area contributed by atoms with Crippen molar-refractivity contribution in [2.75, 3.05) is 0 Å². The van der Waals surface area contributed by atoms with Gasteiger partial charge in [0.1, 0.15) is 12.3 Å². The van der Waals surface area contributed by atoms with E-state index in [-0.39, 0.29) is 53.1 Å². The van der Waals surface area contributed by atoms with Gasteiger partial charge in [0.05, 0.1) is 23.0 Å². The minimum atomic E-state index is -0.850. The molecule has 4 rings (SSSR count). The van der Waals surface area contributed by atoms with Gasteiger partial charge in [-0.3, -0.25) is 19.7 Å². The number of thioether (sulfide) groups is 1. The fraction of sp³-hybridized carbons (Fsp3) is 0.500. The maximum Gasteiger partial charge on any atom is 0.356 e. The average Bonchev–Trinajstić information content (AvgIpc) is 3.20. The third-order valence-electron chi connectivity index (χ3n) is 6.43. The van der Waals surface area contributed by atoms with Gasteiger partial charge in [0.2, 0.25) is 11.8 Å². The van der Waals surface area contributed by atoms with Gasteiger partial charge in [-0.1, -0.05) is 6.92 Å². The number of β-lactam (4-membered cyclic amide) rings is 1. The molecular formula is C22H25N3O7S.